The van der Waals surface area contributed by atoms with Gasteiger partial charge in [-0.1, -0.05) is 12.1 Å². The van der Waals surface area contributed by atoms with Gasteiger partial charge in [0.25, 0.3) is 11.8 Å². The highest BCUT2D eigenvalue weighted by Crippen LogP contribution is 2.44. The van der Waals surface area contributed by atoms with Crippen LogP contribution in [0.25, 0.3) is 27.0 Å². The Bertz CT molecular complexity index is 1910. The van der Waals surface area contributed by atoms with Crippen LogP contribution in [0.5, 0.6) is 0 Å². The number of anilines is 1. The molecule has 16 heteroatoms. The zero-order valence-electron chi connectivity index (χ0n) is 20.8. The van der Waals surface area contributed by atoms with E-state index in [2.05, 4.69) is 20.4 Å². The van der Waals surface area contributed by atoms with Crippen molar-refractivity contribution in [1.29, 1.82) is 0 Å². The number of nitrogens with zero attached hydrogens (tertiary/aromatic N) is 4. The van der Waals surface area contributed by atoms with Crippen LogP contribution in [0, 0.1) is 5.82 Å². The number of benzene rings is 1. The van der Waals surface area contributed by atoms with Crippen LogP contribution in [0.4, 0.5) is 36.4 Å². The molecule has 1 aromatic carbocycles. The van der Waals surface area contributed by atoms with E-state index in [9.17, 15) is 40.3 Å². The van der Waals surface area contributed by atoms with Crippen molar-refractivity contribution in [3.05, 3.63) is 75.9 Å². The summed E-state index contributed by atoms with van der Waals surface area (Å²) in [4.78, 5) is 32.7. The quantitative estimate of drug-likeness (QED) is 0.224. The molecule has 8 nitrogen and oxygen atoms in total. The Balaban J connectivity index is 1.51. The van der Waals surface area contributed by atoms with E-state index >= 15 is 0 Å². The first kappa shape index (κ1) is 27.6. The number of primary amides is 1. The molecule has 5 aromatic rings. The molecular weight excluding hydrogens is 593 g/mol. The average molecular weight is 608 g/mol. The predicted molar refractivity (Wildman–Crippen MR) is 136 cm³/mol. The van der Waals surface area contributed by atoms with Crippen LogP contribution in [0.3, 0.4) is 0 Å². The number of nitrogens with one attached hydrogen (secondary N) is 1. The van der Waals surface area contributed by atoms with Gasteiger partial charge in [-0.2, -0.15) is 31.4 Å². The molecule has 216 valence electrons. The molecular formula is C26H15F7N6O2S. The Labute approximate surface area is 234 Å². The Hall–Kier alpha value is -4.60. The molecule has 0 atom stereocenters. The van der Waals surface area contributed by atoms with E-state index in [1.54, 1.807) is 0 Å². The third-order valence-corrected chi connectivity index (χ3v) is 7.63. The van der Waals surface area contributed by atoms with Gasteiger partial charge in [0.2, 0.25) is 0 Å². The highest BCUT2D eigenvalue weighted by molar-refractivity contribution is 7.21. The first-order valence-corrected chi connectivity index (χ1v) is 12.9. The van der Waals surface area contributed by atoms with Gasteiger partial charge in [0, 0.05) is 23.1 Å². The van der Waals surface area contributed by atoms with Crippen molar-refractivity contribution in [2.24, 2.45) is 5.73 Å². The van der Waals surface area contributed by atoms with E-state index in [1.807, 2.05) is 0 Å². The Kier molecular flexibility index (Phi) is 6.22. The molecule has 2 amide bonds. The highest BCUT2D eigenvalue weighted by atomic mass is 32.1. The molecule has 0 bridgehead atoms. The molecule has 6 rings (SSSR count). The fourth-order valence-electron chi connectivity index (χ4n) is 4.47. The second-order valence-corrected chi connectivity index (χ2v) is 10.5. The van der Waals surface area contributed by atoms with Crippen LogP contribution in [-0.2, 0) is 12.4 Å². The number of pyridine rings is 1. The summed E-state index contributed by atoms with van der Waals surface area (Å²) in [7, 11) is 0. The van der Waals surface area contributed by atoms with Crippen molar-refractivity contribution >= 4 is 44.7 Å². The van der Waals surface area contributed by atoms with Gasteiger partial charge >= 0.3 is 12.4 Å². The zero-order valence-corrected chi connectivity index (χ0v) is 21.6. The van der Waals surface area contributed by atoms with E-state index < -0.39 is 47.1 Å². The van der Waals surface area contributed by atoms with Crippen molar-refractivity contribution in [1.82, 2.24) is 19.6 Å². The maximum atomic E-state index is 13.8. The molecule has 0 saturated heterocycles. The molecule has 4 aromatic heterocycles. The molecule has 0 spiro atoms. The lowest BCUT2D eigenvalue weighted by atomic mass is 10.0. The minimum atomic E-state index is -4.90. The van der Waals surface area contributed by atoms with Gasteiger partial charge in [0.15, 0.2) is 11.3 Å². The van der Waals surface area contributed by atoms with Crippen LogP contribution in [0.2, 0.25) is 0 Å². The number of rotatable bonds is 5. The minimum absolute atomic E-state index is 0.0953. The number of thiophene rings is 1. The van der Waals surface area contributed by atoms with Crippen LogP contribution < -0.4 is 11.1 Å². The first-order valence-electron chi connectivity index (χ1n) is 12.1. The molecule has 0 aliphatic heterocycles. The van der Waals surface area contributed by atoms with Gasteiger partial charge < -0.3 is 11.1 Å². The molecule has 4 heterocycles. The second-order valence-electron chi connectivity index (χ2n) is 9.50. The van der Waals surface area contributed by atoms with Crippen molar-refractivity contribution in [3.8, 4) is 11.1 Å². The number of amides is 2. The summed E-state index contributed by atoms with van der Waals surface area (Å²) in [6, 6.07) is 6.97. The number of hydrogen-bond acceptors (Lipinski definition) is 6. The molecule has 1 aliphatic rings. The summed E-state index contributed by atoms with van der Waals surface area (Å²) in [5.41, 5.74) is 2.07. The summed E-state index contributed by atoms with van der Waals surface area (Å²) in [5.74, 6) is -3.01. The Morgan fingerprint density at radius 3 is 2.26 bits per heavy atom. The van der Waals surface area contributed by atoms with Crippen molar-refractivity contribution in [3.63, 3.8) is 0 Å². The van der Waals surface area contributed by atoms with Gasteiger partial charge in [0.1, 0.15) is 26.9 Å². The third-order valence-electron chi connectivity index (χ3n) is 6.54. The van der Waals surface area contributed by atoms with Crippen molar-refractivity contribution in [2.45, 2.75) is 31.1 Å². The van der Waals surface area contributed by atoms with Gasteiger partial charge in [-0.3, -0.25) is 9.59 Å². The number of halogens is 7. The molecule has 1 aliphatic carbocycles. The SMILES string of the molecule is NC(=O)c1sc2nc(C(F)(F)F)cc(-c3ccc(F)cc3)c2c1NC(=O)c1cc2nc(C3CC3)cc(C(F)(F)F)n2n1. The normalized spacial score (nSPS) is 14.1. The van der Waals surface area contributed by atoms with E-state index in [1.165, 1.54) is 12.1 Å². The van der Waals surface area contributed by atoms with E-state index in [0.717, 1.165) is 24.3 Å². The van der Waals surface area contributed by atoms with Gasteiger partial charge in [0.05, 0.1) is 5.69 Å². The van der Waals surface area contributed by atoms with Crippen LogP contribution >= 0.6 is 11.3 Å². The lowest BCUT2D eigenvalue weighted by Gasteiger charge is -2.12. The maximum absolute atomic E-state index is 13.8. The van der Waals surface area contributed by atoms with E-state index in [4.69, 9.17) is 5.73 Å². The standard InChI is InChI=1S/C26H15F7N6O2S/c27-12-5-3-10(4-6-12)13-7-16(25(28,29)30)36-24-19(13)20(21(42-24)22(34)40)37-23(41)15-9-18-35-14(11-1-2-11)8-17(26(31,32)33)39(18)38-15/h3-9,11H,1-2H2,(H2,34,40)(H,37,41). The summed E-state index contributed by atoms with van der Waals surface area (Å²) >= 11 is 0.473. The number of fused-ring (bicyclic) bond motifs is 2. The van der Waals surface area contributed by atoms with E-state index in [0.29, 0.717) is 34.8 Å². The fourth-order valence-corrected chi connectivity index (χ4v) is 5.47. The highest BCUT2D eigenvalue weighted by Gasteiger charge is 2.38. The molecule has 1 saturated carbocycles. The van der Waals surface area contributed by atoms with Crippen molar-refractivity contribution in [2.75, 3.05) is 5.32 Å². The predicted octanol–water partition coefficient (Wildman–Crippen LogP) is 6.41. The Morgan fingerprint density at radius 2 is 1.67 bits per heavy atom. The van der Waals surface area contributed by atoms with E-state index in [-0.39, 0.29) is 49.2 Å². The van der Waals surface area contributed by atoms with Gasteiger partial charge in [-0.15, -0.1) is 11.3 Å². The summed E-state index contributed by atoms with van der Waals surface area (Å²) in [5, 5.41) is 6.03. The number of carbonyl (C=O) groups is 2. The maximum Gasteiger partial charge on any atom is 0.433 e. The van der Waals surface area contributed by atoms with Crippen LogP contribution in [-0.4, -0.2) is 31.4 Å². The molecule has 3 N–H and O–H groups in total. The number of hydrogen-bond donors (Lipinski definition) is 2. The summed E-state index contributed by atoms with van der Waals surface area (Å²) < 4.78 is 96.6. The molecule has 42 heavy (non-hydrogen) atoms. The number of aromatic nitrogens is 4. The number of nitrogens with two attached hydrogens (primary N) is 1. The number of carbonyl (C=O) groups excluding carboxylic acids is 2. The average Bonchev–Trinajstić information content (AvgIpc) is 3.56. The topological polar surface area (TPSA) is 115 Å². The van der Waals surface area contributed by atoms with Gasteiger partial charge in [-0.05, 0) is 48.2 Å². The largest absolute Gasteiger partial charge is 0.433 e. The number of alkyl halides is 6. The molecule has 0 radical (unpaired) electrons. The lowest BCUT2D eigenvalue weighted by molar-refractivity contribution is -0.143. The molecule has 1 fully saturated rings. The second kappa shape index (κ2) is 9.47. The first-order chi connectivity index (χ1) is 19.7. The monoisotopic (exact) mass is 608 g/mol. The van der Waals surface area contributed by atoms with Gasteiger partial charge in [-0.25, -0.2) is 18.9 Å². The molecule has 0 unspecified atom stereocenters. The third kappa shape index (κ3) is 4.91. The fraction of sp³-hybridized carbons (Fsp3) is 0.192. The summed E-state index contributed by atoms with van der Waals surface area (Å²) in [6.07, 6.45) is -8.38. The zero-order chi connectivity index (χ0) is 30.1. The smallest absolute Gasteiger partial charge is 0.365 e. The Morgan fingerprint density at radius 1 is 0.976 bits per heavy atom. The van der Waals surface area contributed by atoms with Crippen LogP contribution in [0.15, 0.2) is 42.5 Å². The summed E-state index contributed by atoms with van der Waals surface area (Å²) in [6.45, 7) is 0. The van der Waals surface area contributed by atoms with Crippen molar-refractivity contribution < 1.29 is 40.3 Å². The lowest BCUT2D eigenvalue weighted by Crippen LogP contribution is -2.18. The van der Waals surface area contributed by atoms with Crippen LogP contribution in [0.1, 0.15) is 56.0 Å². The minimum Gasteiger partial charge on any atom is -0.365 e.